The zero-order chi connectivity index (χ0) is 23.4. The number of phenols is 1. The van der Waals surface area contributed by atoms with Crippen molar-refractivity contribution in [1.82, 2.24) is 9.97 Å². The number of aromatic hydroxyl groups is 1. The molecule has 0 radical (unpaired) electrons. The minimum absolute atomic E-state index is 0.00151. The first kappa shape index (κ1) is 22.5. The van der Waals surface area contributed by atoms with E-state index < -0.39 is 36.0 Å². The maximum absolute atomic E-state index is 14.3. The van der Waals surface area contributed by atoms with E-state index in [9.17, 15) is 27.8 Å². The third kappa shape index (κ3) is 3.63. The molecule has 0 aliphatic heterocycles. The number of hydrogen-bond donors (Lipinski definition) is 3. The molecule has 3 aromatic rings. The van der Waals surface area contributed by atoms with E-state index >= 15 is 0 Å². The van der Waals surface area contributed by atoms with Gasteiger partial charge in [-0.3, -0.25) is 0 Å². The first-order valence-electron chi connectivity index (χ1n) is 9.95. The molecule has 4 rings (SSSR count). The highest BCUT2D eigenvalue weighted by atomic mass is 35.5. The quantitative estimate of drug-likeness (QED) is 0.424. The van der Waals surface area contributed by atoms with Crippen molar-refractivity contribution in [2.75, 3.05) is 5.32 Å². The van der Waals surface area contributed by atoms with Gasteiger partial charge < -0.3 is 15.5 Å². The van der Waals surface area contributed by atoms with Crippen LogP contribution in [0.25, 0.3) is 10.9 Å². The standard InChI is InChI=1S/C22H20ClF4N3O2/c1-3-11-8-21(32,22(25,26)27)20(14-4-12(23)5-18(31)19(11)14)30-17-7-13(24)6-16-15(17)9-28-10(2)29-16/h4-7,9,11,20,30-32H,3,8H2,1-2H3/t11-,20?,21-/m1/s1. The molecule has 0 spiro atoms. The van der Waals surface area contributed by atoms with Crippen LogP contribution in [0, 0.1) is 12.7 Å². The summed E-state index contributed by atoms with van der Waals surface area (Å²) in [5, 5.41) is 24.5. The number of aliphatic hydroxyl groups is 1. The van der Waals surface area contributed by atoms with Gasteiger partial charge in [-0.1, -0.05) is 18.5 Å². The van der Waals surface area contributed by atoms with E-state index in [-0.39, 0.29) is 44.9 Å². The molecular formula is C22H20ClF4N3O2. The van der Waals surface area contributed by atoms with E-state index in [1.54, 1.807) is 13.8 Å². The van der Waals surface area contributed by atoms with Gasteiger partial charge in [-0.2, -0.15) is 13.2 Å². The molecule has 2 aromatic carbocycles. The van der Waals surface area contributed by atoms with Gasteiger partial charge in [0.2, 0.25) is 0 Å². The monoisotopic (exact) mass is 469 g/mol. The second kappa shape index (κ2) is 7.74. The maximum atomic E-state index is 14.3. The Balaban J connectivity index is 1.96. The molecule has 0 amide bonds. The van der Waals surface area contributed by atoms with E-state index in [1.165, 1.54) is 18.3 Å². The van der Waals surface area contributed by atoms with Crippen molar-refractivity contribution in [2.24, 2.45) is 0 Å². The van der Waals surface area contributed by atoms with E-state index in [0.29, 0.717) is 5.82 Å². The predicted octanol–water partition coefficient (Wildman–Crippen LogP) is 5.78. The lowest BCUT2D eigenvalue weighted by atomic mass is 9.69. The molecule has 3 N–H and O–H groups in total. The zero-order valence-corrected chi connectivity index (χ0v) is 17.9. The Kier molecular flexibility index (Phi) is 5.45. The Bertz CT molecular complexity index is 1200. The number of nitrogens with one attached hydrogen (secondary N) is 1. The van der Waals surface area contributed by atoms with Gasteiger partial charge in [0.25, 0.3) is 0 Å². The number of hydrogen-bond acceptors (Lipinski definition) is 5. The summed E-state index contributed by atoms with van der Waals surface area (Å²) in [6.45, 7) is 3.28. The number of phenolic OH excluding ortho intramolecular Hbond substituents is 1. The van der Waals surface area contributed by atoms with Gasteiger partial charge >= 0.3 is 6.18 Å². The van der Waals surface area contributed by atoms with Crippen LogP contribution < -0.4 is 5.32 Å². The Morgan fingerprint density at radius 2 is 1.97 bits per heavy atom. The van der Waals surface area contributed by atoms with Crippen LogP contribution in [0.5, 0.6) is 5.75 Å². The lowest BCUT2D eigenvalue weighted by Gasteiger charge is -2.46. The highest BCUT2D eigenvalue weighted by Gasteiger charge is 2.62. The average Bonchev–Trinajstić information content (AvgIpc) is 2.68. The number of benzene rings is 2. The van der Waals surface area contributed by atoms with Crippen molar-refractivity contribution in [3.05, 3.63) is 58.3 Å². The Hall–Kier alpha value is -2.65. The molecule has 32 heavy (non-hydrogen) atoms. The van der Waals surface area contributed by atoms with E-state index in [0.717, 1.165) is 12.1 Å². The van der Waals surface area contributed by atoms with Crippen LogP contribution in [0.3, 0.4) is 0 Å². The number of nitrogens with zero attached hydrogens (tertiary/aromatic N) is 2. The summed E-state index contributed by atoms with van der Waals surface area (Å²) in [5.74, 6) is -1.36. The molecule has 0 saturated carbocycles. The molecule has 1 aliphatic carbocycles. The molecule has 1 aliphatic rings. The van der Waals surface area contributed by atoms with Gasteiger partial charge in [-0.25, -0.2) is 14.4 Å². The molecule has 10 heteroatoms. The van der Waals surface area contributed by atoms with E-state index in [4.69, 9.17) is 11.6 Å². The van der Waals surface area contributed by atoms with Gasteiger partial charge in [0.1, 0.15) is 17.4 Å². The van der Waals surface area contributed by atoms with Gasteiger partial charge in [0.05, 0.1) is 11.6 Å². The van der Waals surface area contributed by atoms with Crippen LogP contribution in [-0.4, -0.2) is 32.0 Å². The Morgan fingerprint density at radius 3 is 2.62 bits per heavy atom. The third-order valence-electron chi connectivity index (χ3n) is 5.98. The highest BCUT2D eigenvalue weighted by Crippen LogP contribution is 2.55. The molecule has 170 valence electrons. The van der Waals surface area contributed by atoms with Crippen molar-refractivity contribution in [3.63, 3.8) is 0 Å². The molecule has 0 fully saturated rings. The molecular weight excluding hydrogens is 450 g/mol. The Morgan fingerprint density at radius 1 is 1.25 bits per heavy atom. The molecule has 3 atom stereocenters. The SMILES string of the molecule is CC[C@@H]1C[C@](O)(C(F)(F)F)C(Nc2cc(F)cc3nc(C)ncc23)c2cc(Cl)cc(O)c21. The largest absolute Gasteiger partial charge is 0.508 e. The summed E-state index contributed by atoms with van der Waals surface area (Å²) in [5.41, 5.74) is -2.75. The van der Waals surface area contributed by atoms with Crippen molar-refractivity contribution in [2.45, 2.75) is 50.4 Å². The second-order valence-corrected chi connectivity index (χ2v) is 8.48. The van der Waals surface area contributed by atoms with Crippen LogP contribution in [0.4, 0.5) is 23.2 Å². The maximum Gasteiger partial charge on any atom is 0.419 e. The summed E-state index contributed by atoms with van der Waals surface area (Å²) < 4.78 is 57.0. The number of aromatic nitrogens is 2. The minimum Gasteiger partial charge on any atom is -0.508 e. The molecule has 5 nitrogen and oxygen atoms in total. The summed E-state index contributed by atoms with van der Waals surface area (Å²) in [4.78, 5) is 8.19. The van der Waals surface area contributed by atoms with Crippen molar-refractivity contribution < 1.29 is 27.8 Å². The fourth-order valence-corrected chi connectivity index (χ4v) is 4.67. The topological polar surface area (TPSA) is 78.3 Å². The molecule has 1 heterocycles. The number of halogens is 5. The summed E-state index contributed by atoms with van der Waals surface area (Å²) in [7, 11) is 0. The first-order chi connectivity index (χ1) is 14.9. The first-order valence-corrected chi connectivity index (χ1v) is 10.3. The second-order valence-electron chi connectivity index (χ2n) is 8.04. The summed E-state index contributed by atoms with van der Waals surface area (Å²) in [6, 6.07) is 2.95. The van der Waals surface area contributed by atoms with Crippen molar-refractivity contribution in [1.29, 1.82) is 0 Å². The lowest BCUT2D eigenvalue weighted by Crippen LogP contribution is -2.55. The van der Waals surface area contributed by atoms with Gasteiger partial charge in [-0.15, -0.1) is 0 Å². The van der Waals surface area contributed by atoms with Crippen molar-refractivity contribution >= 4 is 28.2 Å². The number of rotatable bonds is 3. The summed E-state index contributed by atoms with van der Waals surface area (Å²) >= 11 is 6.06. The smallest absolute Gasteiger partial charge is 0.419 e. The van der Waals surface area contributed by atoms with Gasteiger partial charge in [0, 0.05) is 33.9 Å². The average molecular weight is 470 g/mol. The van der Waals surface area contributed by atoms with Crippen LogP contribution >= 0.6 is 11.6 Å². The van der Waals surface area contributed by atoms with Gasteiger partial charge in [-0.05, 0) is 49.4 Å². The van der Waals surface area contributed by atoms with Gasteiger partial charge in [0.15, 0.2) is 5.60 Å². The van der Waals surface area contributed by atoms with Crippen molar-refractivity contribution in [3.8, 4) is 5.75 Å². The molecule has 1 unspecified atom stereocenters. The van der Waals surface area contributed by atoms with Crippen LogP contribution in [0.15, 0.2) is 30.5 Å². The number of aryl methyl sites for hydroxylation is 1. The van der Waals surface area contributed by atoms with E-state index in [2.05, 4.69) is 15.3 Å². The summed E-state index contributed by atoms with van der Waals surface area (Å²) in [6.07, 6.45) is -4.08. The molecule has 0 bridgehead atoms. The normalized spacial score (nSPS) is 23.2. The number of fused-ring (bicyclic) bond motifs is 2. The van der Waals surface area contributed by atoms with Crippen LogP contribution in [0.1, 0.15) is 48.7 Å². The molecule has 0 saturated heterocycles. The fourth-order valence-electron chi connectivity index (χ4n) is 4.45. The molecule has 1 aromatic heterocycles. The van der Waals surface area contributed by atoms with E-state index in [1.807, 2.05) is 0 Å². The highest BCUT2D eigenvalue weighted by molar-refractivity contribution is 6.30. The lowest BCUT2D eigenvalue weighted by molar-refractivity contribution is -0.272. The predicted molar refractivity (Wildman–Crippen MR) is 112 cm³/mol. The number of alkyl halides is 3. The fraction of sp³-hybridized carbons (Fsp3) is 0.364. The van der Waals surface area contributed by atoms with Crippen LogP contribution in [0.2, 0.25) is 5.02 Å². The van der Waals surface area contributed by atoms with Crippen LogP contribution in [-0.2, 0) is 0 Å². The number of anilines is 1. The Labute approximate surface area is 186 Å². The third-order valence-corrected chi connectivity index (χ3v) is 6.20. The zero-order valence-electron chi connectivity index (χ0n) is 17.1. The minimum atomic E-state index is -5.02.